The van der Waals surface area contributed by atoms with Crippen molar-refractivity contribution in [2.45, 2.75) is 14.9 Å². The van der Waals surface area contributed by atoms with E-state index >= 15 is 0 Å². The first-order valence-corrected chi connectivity index (χ1v) is 7.53. The zero-order valence-electron chi connectivity index (χ0n) is 14.8. The number of carbonyl (C=O) groups is 1. The topological polar surface area (TPSA) is 93.4 Å². The summed E-state index contributed by atoms with van der Waals surface area (Å²) in [5.41, 5.74) is 1.66. The van der Waals surface area contributed by atoms with Gasteiger partial charge < -0.3 is 19.4 Å². The molecule has 0 bridgehead atoms. The summed E-state index contributed by atoms with van der Waals surface area (Å²) in [7, 11) is 0. The van der Waals surface area contributed by atoms with Gasteiger partial charge >= 0.3 is 59.1 Å². The van der Waals surface area contributed by atoms with E-state index < -0.39 is 5.97 Å². The van der Waals surface area contributed by atoms with Gasteiger partial charge in [-0.2, -0.15) is 0 Å². The molecule has 2 aromatic carbocycles. The Hall–Kier alpha value is -1.60. The second-order valence-corrected chi connectivity index (χ2v) is 5.63. The molecule has 2 aliphatic rings. The molecule has 0 saturated carbocycles. The molecule has 7 heteroatoms. The zero-order chi connectivity index (χ0) is 17.6. The van der Waals surface area contributed by atoms with Crippen molar-refractivity contribution in [3.05, 3.63) is 76.5 Å². The van der Waals surface area contributed by atoms with E-state index in [2.05, 4.69) is 0 Å². The van der Waals surface area contributed by atoms with Crippen LogP contribution in [0.4, 0.5) is 0 Å². The molecule has 29 heavy (non-hydrogen) atoms. The van der Waals surface area contributed by atoms with Gasteiger partial charge in [0.05, 0.1) is 5.97 Å². The van der Waals surface area contributed by atoms with Crippen molar-refractivity contribution in [1.29, 1.82) is 0 Å². The summed E-state index contributed by atoms with van der Waals surface area (Å²) in [6.07, 6.45) is 0. The monoisotopic (exact) mass is 408 g/mol. The van der Waals surface area contributed by atoms with Crippen molar-refractivity contribution >= 4 is 16.9 Å². The van der Waals surface area contributed by atoms with Crippen LogP contribution in [0.3, 0.4) is 0 Å². The summed E-state index contributed by atoms with van der Waals surface area (Å²) < 4.78 is 5.71. The minimum absolute atomic E-state index is 0. The number of carboxylic acid groups (broad SMARTS) is 1. The van der Waals surface area contributed by atoms with Crippen molar-refractivity contribution < 1.29 is 78.5 Å². The number of benzene rings is 3. The van der Waals surface area contributed by atoms with Crippen LogP contribution >= 0.6 is 0 Å². The summed E-state index contributed by atoms with van der Waals surface area (Å²) in [5.74, 6) is -1.26. The molecule has 0 atom stereocenters. The Kier molecular flexibility index (Phi) is 10.4. The van der Waals surface area contributed by atoms with E-state index in [0.717, 1.165) is 0 Å². The maximum Gasteiger partial charge on any atom is 1.00 e. The van der Waals surface area contributed by atoms with Crippen LogP contribution in [0.15, 0.2) is 69.9 Å². The number of hydrogen-bond acceptors (Lipinski definition) is 5. The fraction of sp³-hybridized carbons (Fsp3) is 0.0909. The quantitative estimate of drug-likeness (QED) is 0.266. The molecule has 138 valence electrons. The first-order chi connectivity index (χ1) is 12.0. The van der Waals surface area contributed by atoms with Gasteiger partial charge in [0.1, 0.15) is 11.3 Å². The second kappa shape index (κ2) is 11.0. The van der Waals surface area contributed by atoms with Gasteiger partial charge in [0.2, 0.25) is 0 Å². The molecule has 0 unspecified atom stereocenters. The van der Waals surface area contributed by atoms with Gasteiger partial charge in [-0.3, -0.25) is 4.79 Å². The van der Waals surface area contributed by atoms with Gasteiger partial charge in [-0.1, -0.05) is 51.3 Å². The Morgan fingerprint density at radius 1 is 0.862 bits per heavy atom. The Morgan fingerprint density at radius 3 is 2.24 bits per heavy atom. The fourth-order valence-corrected chi connectivity index (χ4v) is 3.02. The van der Waals surface area contributed by atoms with Crippen LogP contribution in [0.5, 0.6) is 5.75 Å². The number of hydrogen-bond donors (Lipinski definition) is 0. The van der Waals surface area contributed by atoms with Crippen LogP contribution in [0, 0.1) is 0 Å². The molecule has 0 amide bonds. The molecule has 0 saturated heterocycles. The van der Waals surface area contributed by atoms with Crippen molar-refractivity contribution in [3.63, 3.8) is 0 Å². The smallest absolute Gasteiger partial charge is 0.872 e. The van der Waals surface area contributed by atoms with Crippen LogP contribution in [-0.2, 0) is 0 Å². The van der Waals surface area contributed by atoms with Crippen LogP contribution in [-0.4, -0.2) is 5.97 Å². The summed E-state index contributed by atoms with van der Waals surface area (Å²) >= 11 is 0. The first-order valence-electron chi connectivity index (χ1n) is 7.53. The summed E-state index contributed by atoms with van der Waals surface area (Å²) in [5, 5.41) is 23.8. The molecule has 1 aliphatic heterocycles. The van der Waals surface area contributed by atoms with E-state index in [1.165, 1.54) is 30.3 Å². The van der Waals surface area contributed by atoms with Gasteiger partial charge in [0.15, 0.2) is 5.43 Å². The zero-order valence-corrected chi connectivity index (χ0v) is 18.8. The molecule has 4 rings (SSSR count). The van der Waals surface area contributed by atoms with E-state index in [0.29, 0.717) is 22.1 Å². The fourth-order valence-electron chi connectivity index (χ4n) is 3.02. The minimum Gasteiger partial charge on any atom is -0.872 e. The molecule has 0 radical (unpaired) electrons. The normalized spacial score (nSPS) is 9.52. The molecule has 5 nitrogen and oxygen atoms in total. The Morgan fingerprint density at radius 2 is 1.55 bits per heavy atom. The summed E-state index contributed by atoms with van der Waals surface area (Å²) in [6.45, 7) is 0. The third-order valence-corrected chi connectivity index (χ3v) is 4.08. The van der Waals surface area contributed by atoms with E-state index in [1.54, 1.807) is 30.3 Å². The van der Waals surface area contributed by atoms with Gasteiger partial charge in [0.25, 0.3) is 0 Å². The third-order valence-electron chi connectivity index (χ3n) is 4.08. The molecule has 1 heterocycles. The second-order valence-electron chi connectivity index (χ2n) is 5.63. The van der Waals surface area contributed by atoms with E-state index in [-0.39, 0.29) is 102 Å². The molecule has 1 aliphatic carbocycles. The maximum absolute atomic E-state index is 11.7. The van der Waals surface area contributed by atoms with Crippen LogP contribution in [0.2, 0.25) is 0 Å². The van der Waals surface area contributed by atoms with E-state index in [4.69, 9.17) is 4.42 Å². The molecule has 0 N–H and O–H groups in total. The summed E-state index contributed by atoms with van der Waals surface area (Å²) in [6, 6.07) is 15.0. The predicted molar refractivity (Wildman–Crippen MR) is 102 cm³/mol. The van der Waals surface area contributed by atoms with Crippen molar-refractivity contribution in [1.82, 2.24) is 0 Å². The Balaban J connectivity index is 0.00000196. The van der Waals surface area contributed by atoms with Gasteiger partial charge in [-0.15, -0.1) is 5.75 Å². The van der Waals surface area contributed by atoms with Crippen molar-refractivity contribution in [2.24, 2.45) is 0 Å². The first kappa shape index (κ1) is 27.4. The molecule has 0 spiro atoms. The minimum atomic E-state index is -1.31. The maximum atomic E-state index is 11.7. The van der Waals surface area contributed by atoms with E-state index in [9.17, 15) is 19.8 Å². The van der Waals surface area contributed by atoms with Crippen LogP contribution in [0.25, 0.3) is 33.4 Å². The average Bonchev–Trinajstić information content (AvgIpc) is 2.59. The van der Waals surface area contributed by atoms with Gasteiger partial charge in [0, 0.05) is 28.1 Å². The largest absolute Gasteiger partial charge is 1.00 e. The molecule has 0 fully saturated rings. The van der Waals surface area contributed by atoms with Crippen molar-refractivity contribution in [2.75, 3.05) is 0 Å². The number of carboxylic acids is 1. The number of rotatable bonds is 2. The number of aromatic carboxylic acids is 1. The standard InChI is InChI=1S/C20H12O5.2CH4.2Na/c21-11-5-7-15-17(9-11)25-18-10-12(22)6-8-16(18)19(15)13-3-1-2-4-14(13)20(23)24;;;;/h1-10,21H,(H,23,24);2*1H4;;/q;;;2*+1/p-2. The Labute approximate surface area is 213 Å². The summed E-state index contributed by atoms with van der Waals surface area (Å²) in [4.78, 5) is 23.2. The Bertz CT molecular complexity index is 1170. The molecular weight excluding hydrogens is 390 g/mol. The van der Waals surface area contributed by atoms with Crippen LogP contribution in [0.1, 0.15) is 25.2 Å². The predicted octanol–water partition coefficient (Wildman–Crippen LogP) is -2.72. The molecule has 2 aromatic rings. The average molecular weight is 408 g/mol. The molecule has 0 aromatic heterocycles. The SMILES string of the molecule is C.C.O=C([O-])c1ccccc1-c1c2ccc(=O)cc-2oc2cc([O-])ccc12.[Na+].[Na+]. The molecular formula is C22H18Na2O5. The third kappa shape index (κ3) is 5.12. The number of fused-ring (bicyclic) bond motifs is 2. The van der Waals surface area contributed by atoms with E-state index in [1.807, 2.05) is 0 Å². The number of carbonyl (C=O) groups excluding carboxylic acids is 1. The van der Waals surface area contributed by atoms with Crippen molar-refractivity contribution in [3.8, 4) is 28.2 Å². The van der Waals surface area contributed by atoms with Gasteiger partial charge in [-0.25, -0.2) is 0 Å². The van der Waals surface area contributed by atoms with Crippen LogP contribution < -0.4 is 74.8 Å². The van der Waals surface area contributed by atoms with Gasteiger partial charge in [-0.05, 0) is 23.8 Å².